The maximum Gasteiger partial charge on any atom is 0.0159 e. The van der Waals surface area contributed by atoms with Crippen molar-refractivity contribution in [1.82, 2.24) is 0 Å². The molecule has 0 N–H and O–H groups in total. The highest BCUT2D eigenvalue weighted by atomic mass is 14.4. The molecule has 0 heteroatoms. The van der Waals surface area contributed by atoms with Gasteiger partial charge in [-0.1, -0.05) is 153 Å². The molecule has 0 bridgehead atoms. The highest BCUT2D eigenvalue weighted by Crippen LogP contribution is 2.52. The number of benzene rings is 8. The van der Waals surface area contributed by atoms with Crippen LogP contribution in [0.25, 0.3) is 76.8 Å². The van der Waals surface area contributed by atoms with Crippen LogP contribution in [0, 0.1) is 0 Å². The van der Waals surface area contributed by atoms with Gasteiger partial charge in [0.15, 0.2) is 0 Å². The van der Waals surface area contributed by atoms with Crippen LogP contribution in [0.15, 0.2) is 158 Å². The van der Waals surface area contributed by atoms with Crippen molar-refractivity contribution < 1.29 is 0 Å². The van der Waals surface area contributed by atoms with Crippen LogP contribution in [0.3, 0.4) is 0 Å². The molecule has 0 atom stereocenters. The van der Waals surface area contributed by atoms with Crippen molar-refractivity contribution in [2.24, 2.45) is 0 Å². The summed E-state index contributed by atoms with van der Waals surface area (Å²) in [6, 6.07) is 58.4. The maximum absolute atomic E-state index is 2.47. The first-order valence-electron chi connectivity index (χ1n) is 15.9. The van der Waals surface area contributed by atoms with Gasteiger partial charge in [-0.25, -0.2) is 0 Å². The number of hydrogen-bond donors (Lipinski definition) is 0. The van der Waals surface area contributed by atoms with E-state index in [1.54, 1.807) is 0 Å². The van der Waals surface area contributed by atoms with E-state index in [0.717, 1.165) is 0 Å². The SMILES string of the molecule is CC1(C)c2ccccc2-c2ccc(-c3c4ccccc4c(-c4cc5ccccc5cc4-c4ccccc4)c4ccccc34)cc21. The van der Waals surface area contributed by atoms with Crippen LogP contribution in [-0.4, -0.2) is 0 Å². The predicted molar refractivity (Wildman–Crippen MR) is 193 cm³/mol. The van der Waals surface area contributed by atoms with Gasteiger partial charge in [-0.15, -0.1) is 0 Å². The lowest BCUT2D eigenvalue weighted by Crippen LogP contribution is -2.14. The second kappa shape index (κ2) is 9.78. The molecule has 9 rings (SSSR count). The maximum atomic E-state index is 2.47. The lowest BCUT2D eigenvalue weighted by molar-refractivity contribution is 0.660. The van der Waals surface area contributed by atoms with Crippen LogP contribution in [0.2, 0.25) is 0 Å². The minimum absolute atomic E-state index is 0.0524. The van der Waals surface area contributed by atoms with Gasteiger partial charge in [-0.3, -0.25) is 0 Å². The van der Waals surface area contributed by atoms with Crippen LogP contribution in [0.5, 0.6) is 0 Å². The molecule has 212 valence electrons. The second-order valence-corrected chi connectivity index (χ2v) is 12.9. The third-order valence-corrected chi connectivity index (χ3v) is 10.0. The Morgan fingerprint density at radius 2 is 0.844 bits per heavy atom. The van der Waals surface area contributed by atoms with Crippen LogP contribution < -0.4 is 0 Å². The average molecular weight is 573 g/mol. The summed E-state index contributed by atoms with van der Waals surface area (Å²) in [7, 11) is 0. The van der Waals surface area contributed by atoms with E-state index in [-0.39, 0.29) is 5.41 Å². The molecule has 0 fully saturated rings. The molecule has 0 saturated carbocycles. The van der Waals surface area contributed by atoms with Crippen molar-refractivity contribution >= 4 is 32.3 Å². The normalized spacial score (nSPS) is 13.3. The Morgan fingerprint density at radius 1 is 0.333 bits per heavy atom. The summed E-state index contributed by atoms with van der Waals surface area (Å²) in [5.74, 6) is 0. The molecule has 0 aliphatic heterocycles. The van der Waals surface area contributed by atoms with E-state index in [9.17, 15) is 0 Å². The molecule has 0 spiro atoms. The predicted octanol–water partition coefficient (Wildman–Crippen LogP) is 12.5. The molecule has 0 saturated heterocycles. The minimum atomic E-state index is -0.0524. The Morgan fingerprint density at radius 3 is 1.51 bits per heavy atom. The molecule has 1 aliphatic carbocycles. The fourth-order valence-corrected chi connectivity index (χ4v) is 7.89. The first-order chi connectivity index (χ1) is 22.1. The Kier molecular flexibility index (Phi) is 5.64. The molecule has 0 aromatic heterocycles. The monoisotopic (exact) mass is 572 g/mol. The van der Waals surface area contributed by atoms with Crippen molar-refractivity contribution in [3.05, 3.63) is 169 Å². The van der Waals surface area contributed by atoms with E-state index < -0.39 is 0 Å². The third kappa shape index (κ3) is 3.85. The Bertz CT molecular complexity index is 2390. The molecule has 0 heterocycles. The first kappa shape index (κ1) is 26.0. The highest BCUT2D eigenvalue weighted by Gasteiger charge is 2.35. The van der Waals surface area contributed by atoms with Gasteiger partial charge in [-0.05, 0) is 106 Å². The Balaban J connectivity index is 1.38. The second-order valence-electron chi connectivity index (χ2n) is 12.9. The van der Waals surface area contributed by atoms with Crippen LogP contribution in [-0.2, 0) is 5.41 Å². The van der Waals surface area contributed by atoms with Gasteiger partial charge in [0.05, 0.1) is 0 Å². The van der Waals surface area contributed by atoms with Crippen molar-refractivity contribution in [2.45, 2.75) is 19.3 Å². The van der Waals surface area contributed by atoms with Crippen LogP contribution >= 0.6 is 0 Å². The third-order valence-electron chi connectivity index (χ3n) is 10.0. The minimum Gasteiger partial charge on any atom is -0.0622 e. The fraction of sp³-hybridized carbons (Fsp3) is 0.0667. The summed E-state index contributed by atoms with van der Waals surface area (Å²) in [5.41, 5.74) is 13.1. The zero-order valence-corrected chi connectivity index (χ0v) is 25.5. The zero-order chi connectivity index (χ0) is 30.1. The lowest BCUT2D eigenvalue weighted by atomic mass is 9.80. The summed E-state index contributed by atoms with van der Waals surface area (Å²) >= 11 is 0. The molecule has 8 aromatic carbocycles. The summed E-state index contributed by atoms with van der Waals surface area (Å²) in [5, 5.41) is 7.64. The first-order valence-corrected chi connectivity index (χ1v) is 15.9. The van der Waals surface area contributed by atoms with E-state index in [1.807, 2.05) is 0 Å². The molecule has 0 unspecified atom stereocenters. The van der Waals surface area contributed by atoms with Crippen molar-refractivity contribution in [3.63, 3.8) is 0 Å². The van der Waals surface area contributed by atoms with Gasteiger partial charge in [0.25, 0.3) is 0 Å². The van der Waals surface area contributed by atoms with Crippen LogP contribution in [0.4, 0.5) is 0 Å². The van der Waals surface area contributed by atoms with Gasteiger partial charge < -0.3 is 0 Å². The molecule has 0 radical (unpaired) electrons. The molecule has 0 amide bonds. The number of rotatable bonds is 3. The smallest absolute Gasteiger partial charge is 0.0159 e. The van der Waals surface area contributed by atoms with E-state index in [2.05, 4.69) is 172 Å². The molecule has 1 aliphatic rings. The Hall–Kier alpha value is -5.46. The van der Waals surface area contributed by atoms with E-state index >= 15 is 0 Å². The summed E-state index contributed by atoms with van der Waals surface area (Å²) in [6.07, 6.45) is 0. The summed E-state index contributed by atoms with van der Waals surface area (Å²) in [4.78, 5) is 0. The van der Waals surface area contributed by atoms with Gasteiger partial charge >= 0.3 is 0 Å². The van der Waals surface area contributed by atoms with Crippen LogP contribution in [0.1, 0.15) is 25.0 Å². The number of fused-ring (bicyclic) bond motifs is 6. The molecule has 0 nitrogen and oxygen atoms in total. The van der Waals surface area contributed by atoms with Gasteiger partial charge in [-0.2, -0.15) is 0 Å². The summed E-state index contributed by atoms with van der Waals surface area (Å²) in [6.45, 7) is 4.73. The zero-order valence-electron chi connectivity index (χ0n) is 25.5. The topological polar surface area (TPSA) is 0 Å². The average Bonchev–Trinajstić information content (AvgIpc) is 3.32. The van der Waals surface area contributed by atoms with E-state index in [0.29, 0.717) is 0 Å². The highest BCUT2D eigenvalue weighted by molar-refractivity contribution is 6.23. The quantitative estimate of drug-likeness (QED) is 0.185. The van der Waals surface area contributed by atoms with Gasteiger partial charge in [0.1, 0.15) is 0 Å². The van der Waals surface area contributed by atoms with Crippen molar-refractivity contribution in [2.75, 3.05) is 0 Å². The standard InChI is InChI=1S/C45H32/c1-45(2)41-23-13-12-18-33(41)34-25-24-32(28-42(34)45)43-35-19-8-10-21-37(35)44(38-22-11-9-20-36(38)43)40-27-31-17-7-6-16-30(31)26-39(40)29-14-4-3-5-15-29/h3-28H,1-2H3. The largest absolute Gasteiger partial charge is 0.0622 e. The molecular weight excluding hydrogens is 540 g/mol. The van der Waals surface area contributed by atoms with Crippen molar-refractivity contribution in [3.8, 4) is 44.5 Å². The molecule has 8 aromatic rings. The Labute approximate surface area is 264 Å². The summed E-state index contributed by atoms with van der Waals surface area (Å²) < 4.78 is 0. The molecule has 45 heavy (non-hydrogen) atoms. The van der Waals surface area contributed by atoms with E-state index in [4.69, 9.17) is 0 Å². The lowest BCUT2D eigenvalue weighted by Gasteiger charge is -2.23. The van der Waals surface area contributed by atoms with Gasteiger partial charge in [0, 0.05) is 5.41 Å². The number of hydrogen-bond acceptors (Lipinski definition) is 0. The van der Waals surface area contributed by atoms with Gasteiger partial charge in [0.2, 0.25) is 0 Å². The van der Waals surface area contributed by atoms with Crippen molar-refractivity contribution in [1.29, 1.82) is 0 Å². The molecular formula is C45H32. The fourth-order valence-electron chi connectivity index (χ4n) is 7.89. The van der Waals surface area contributed by atoms with E-state index in [1.165, 1.54) is 88.0 Å².